The highest BCUT2D eigenvalue weighted by Crippen LogP contribution is 2.21. The van der Waals surface area contributed by atoms with Crippen LogP contribution in [0.5, 0.6) is 17.8 Å². The van der Waals surface area contributed by atoms with E-state index in [-0.39, 0.29) is 21.7 Å². The number of sulfonamides is 1. The second-order valence-electron chi connectivity index (χ2n) is 4.16. The SMILES string of the molecule is COc1cc(OC)nc(OC(=O)NS(=O)(=O)c2ccccc2Cl)n1. The van der Waals surface area contributed by atoms with Crippen molar-refractivity contribution in [1.82, 2.24) is 14.7 Å². The smallest absolute Gasteiger partial charge is 0.429 e. The van der Waals surface area contributed by atoms with E-state index < -0.39 is 22.1 Å². The van der Waals surface area contributed by atoms with Gasteiger partial charge in [0.15, 0.2) is 0 Å². The van der Waals surface area contributed by atoms with Crippen molar-refractivity contribution >= 4 is 27.7 Å². The third-order valence-electron chi connectivity index (χ3n) is 2.60. The zero-order chi connectivity index (χ0) is 17.7. The molecular weight excluding hydrogens is 362 g/mol. The Morgan fingerprint density at radius 3 is 2.25 bits per heavy atom. The largest absolute Gasteiger partial charge is 0.481 e. The summed E-state index contributed by atoms with van der Waals surface area (Å²) < 4.78 is 40.4. The molecule has 0 radical (unpaired) electrons. The number of benzene rings is 1. The van der Waals surface area contributed by atoms with Crippen LogP contribution < -0.4 is 18.9 Å². The lowest BCUT2D eigenvalue weighted by molar-refractivity contribution is 0.201. The first-order chi connectivity index (χ1) is 11.4. The van der Waals surface area contributed by atoms with Crippen LogP contribution in [0.25, 0.3) is 0 Å². The predicted molar refractivity (Wildman–Crippen MR) is 82.9 cm³/mol. The van der Waals surface area contributed by atoms with Gasteiger partial charge in [-0.15, -0.1) is 0 Å². The van der Waals surface area contributed by atoms with Crippen LogP contribution in [0, 0.1) is 0 Å². The molecule has 0 saturated heterocycles. The highest BCUT2D eigenvalue weighted by molar-refractivity contribution is 7.90. The summed E-state index contributed by atoms with van der Waals surface area (Å²) in [5.74, 6) is 0.136. The molecule has 9 nitrogen and oxygen atoms in total. The molecule has 2 aromatic rings. The maximum atomic E-state index is 12.1. The first-order valence-corrected chi connectivity index (χ1v) is 8.18. The van der Waals surface area contributed by atoms with Gasteiger partial charge in [-0.05, 0) is 12.1 Å². The molecular formula is C13H12ClN3O6S. The van der Waals surface area contributed by atoms with Gasteiger partial charge >= 0.3 is 12.1 Å². The summed E-state index contributed by atoms with van der Waals surface area (Å²) in [6.45, 7) is 0. The van der Waals surface area contributed by atoms with Crippen molar-refractivity contribution in [3.8, 4) is 17.8 Å². The van der Waals surface area contributed by atoms with E-state index in [1.165, 1.54) is 38.5 Å². The fourth-order valence-corrected chi connectivity index (χ4v) is 2.96. The van der Waals surface area contributed by atoms with Crippen LogP contribution >= 0.6 is 11.6 Å². The molecule has 11 heteroatoms. The summed E-state index contributed by atoms with van der Waals surface area (Å²) >= 11 is 5.80. The van der Waals surface area contributed by atoms with E-state index >= 15 is 0 Å². The molecule has 0 aliphatic carbocycles. The maximum absolute atomic E-state index is 12.1. The van der Waals surface area contributed by atoms with E-state index in [2.05, 4.69) is 9.97 Å². The number of amides is 1. The summed E-state index contributed by atoms with van der Waals surface area (Å²) in [5.41, 5.74) is 0. The quantitative estimate of drug-likeness (QED) is 0.840. The molecule has 1 aromatic carbocycles. The van der Waals surface area contributed by atoms with Crippen molar-refractivity contribution in [2.24, 2.45) is 0 Å². The first kappa shape index (κ1) is 17.8. The number of nitrogens with zero attached hydrogens (tertiary/aromatic N) is 2. The van der Waals surface area contributed by atoms with Gasteiger partial charge in [0, 0.05) is 0 Å². The first-order valence-electron chi connectivity index (χ1n) is 6.32. The predicted octanol–water partition coefficient (Wildman–Crippen LogP) is 1.62. The third-order valence-corrected chi connectivity index (χ3v) is 4.42. The Labute approximate surface area is 142 Å². The fourth-order valence-electron chi connectivity index (χ4n) is 1.57. The van der Waals surface area contributed by atoms with E-state index in [0.29, 0.717) is 0 Å². The normalized spacial score (nSPS) is 10.8. The summed E-state index contributed by atoms with van der Waals surface area (Å²) in [6.07, 6.45) is -1.31. The van der Waals surface area contributed by atoms with Gasteiger partial charge in [0.05, 0.1) is 25.3 Å². The van der Waals surface area contributed by atoms with Gasteiger partial charge in [0.25, 0.3) is 10.0 Å². The van der Waals surface area contributed by atoms with Gasteiger partial charge in [-0.3, -0.25) is 0 Å². The lowest BCUT2D eigenvalue weighted by Crippen LogP contribution is -2.33. The van der Waals surface area contributed by atoms with Crippen molar-refractivity contribution in [1.29, 1.82) is 0 Å². The average Bonchev–Trinajstić information content (AvgIpc) is 2.53. The molecule has 1 amide bonds. The number of rotatable bonds is 5. The standard InChI is InChI=1S/C13H12ClN3O6S/c1-21-10-7-11(22-2)16-12(15-10)23-13(18)17-24(19,20)9-6-4-3-5-8(9)14/h3-7H,1-2H3,(H,17,18). The minimum Gasteiger partial charge on any atom is -0.481 e. The molecule has 0 bridgehead atoms. The van der Waals surface area contributed by atoms with Crippen LogP contribution in [0.4, 0.5) is 4.79 Å². The number of methoxy groups -OCH3 is 2. The zero-order valence-electron chi connectivity index (χ0n) is 12.5. The minimum atomic E-state index is -4.22. The highest BCUT2D eigenvalue weighted by Gasteiger charge is 2.22. The number of hydrogen-bond donors (Lipinski definition) is 1. The Kier molecular flexibility index (Phi) is 5.42. The molecule has 0 aliphatic heterocycles. The number of carbonyl (C=O) groups excluding carboxylic acids is 1. The van der Waals surface area contributed by atoms with Crippen LogP contribution in [0.15, 0.2) is 35.2 Å². The van der Waals surface area contributed by atoms with Crippen LogP contribution in [-0.2, 0) is 10.0 Å². The Hall–Kier alpha value is -2.59. The molecule has 1 N–H and O–H groups in total. The number of aromatic nitrogens is 2. The highest BCUT2D eigenvalue weighted by atomic mass is 35.5. The van der Waals surface area contributed by atoms with Crippen LogP contribution in [-0.4, -0.2) is 38.7 Å². The van der Waals surface area contributed by atoms with E-state index in [4.69, 9.17) is 25.8 Å². The number of ether oxygens (including phenoxy) is 3. The lowest BCUT2D eigenvalue weighted by Gasteiger charge is -2.09. The monoisotopic (exact) mass is 373 g/mol. The average molecular weight is 374 g/mol. The van der Waals surface area contributed by atoms with E-state index in [9.17, 15) is 13.2 Å². The van der Waals surface area contributed by atoms with Crippen molar-refractivity contribution < 1.29 is 27.4 Å². The topological polar surface area (TPSA) is 117 Å². The molecule has 0 aliphatic rings. The van der Waals surface area contributed by atoms with E-state index in [0.717, 1.165) is 0 Å². The Morgan fingerprint density at radius 1 is 1.12 bits per heavy atom. The molecule has 0 unspecified atom stereocenters. The van der Waals surface area contributed by atoms with Gasteiger partial charge in [-0.1, -0.05) is 23.7 Å². The van der Waals surface area contributed by atoms with Crippen molar-refractivity contribution in [3.05, 3.63) is 35.4 Å². The summed E-state index contributed by atoms with van der Waals surface area (Å²) in [6, 6.07) is 6.53. The van der Waals surface area contributed by atoms with Crippen molar-refractivity contribution in [2.75, 3.05) is 14.2 Å². The minimum absolute atomic E-state index is 0.0444. The second-order valence-corrected chi connectivity index (χ2v) is 6.22. The number of carbonyl (C=O) groups is 1. The van der Waals surface area contributed by atoms with Gasteiger partial charge < -0.3 is 14.2 Å². The molecule has 2 rings (SSSR count). The molecule has 1 aromatic heterocycles. The third kappa shape index (κ3) is 4.24. The Bertz CT molecular complexity index is 836. The van der Waals surface area contributed by atoms with Crippen molar-refractivity contribution in [3.63, 3.8) is 0 Å². The van der Waals surface area contributed by atoms with Crippen LogP contribution in [0.2, 0.25) is 5.02 Å². The zero-order valence-corrected chi connectivity index (χ0v) is 14.1. The van der Waals surface area contributed by atoms with Gasteiger partial charge in [0.1, 0.15) is 4.90 Å². The number of hydrogen-bond acceptors (Lipinski definition) is 8. The molecule has 0 spiro atoms. The van der Waals surface area contributed by atoms with Gasteiger partial charge in [-0.2, -0.15) is 9.97 Å². The van der Waals surface area contributed by atoms with Gasteiger partial charge in [0.2, 0.25) is 11.8 Å². The Morgan fingerprint density at radius 2 is 1.71 bits per heavy atom. The van der Waals surface area contributed by atoms with Crippen LogP contribution in [0.3, 0.4) is 0 Å². The Balaban J connectivity index is 2.18. The van der Waals surface area contributed by atoms with Crippen molar-refractivity contribution in [2.45, 2.75) is 4.90 Å². The molecule has 1 heterocycles. The summed E-state index contributed by atoms with van der Waals surface area (Å²) in [4.78, 5) is 19.0. The summed E-state index contributed by atoms with van der Waals surface area (Å²) in [5, 5.41) is -0.0444. The van der Waals surface area contributed by atoms with E-state index in [1.54, 1.807) is 10.8 Å². The molecule has 0 fully saturated rings. The summed E-state index contributed by atoms with van der Waals surface area (Å²) in [7, 11) is -1.53. The molecule has 0 atom stereocenters. The van der Waals surface area contributed by atoms with E-state index in [1.807, 2.05) is 0 Å². The molecule has 24 heavy (non-hydrogen) atoms. The number of nitrogens with one attached hydrogen (secondary N) is 1. The fraction of sp³-hybridized carbons (Fsp3) is 0.154. The van der Waals surface area contributed by atoms with Crippen LogP contribution in [0.1, 0.15) is 0 Å². The second kappa shape index (κ2) is 7.32. The molecule has 128 valence electrons. The maximum Gasteiger partial charge on any atom is 0.429 e. The molecule has 0 saturated carbocycles. The number of halogens is 1. The van der Waals surface area contributed by atoms with Gasteiger partial charge in [-0.25, -0.2) is 17.9 Å². The lowest BCUT2D eigenvalue weighted by atomic mass is 10.4.